The van der Waals surface area contributed by atoms with Crippen LogP contribution in [0.25, 0.3) is 0 Å². The van der Waals surface area contributed by atoms with Gasteiger partial charge in [0, 0.05) is 12.1 Å². The summed E-state index contributed by atoms with van der Waals surface area (Å²) in [6.45, 7) is 4.45. The van der Waals surface area contributed by atoms with Crippen molar-refractivity contribution in [3.8, 4) is 0 Å². The van der Waals surface area contributed by atoms with Gasteiger partial charge in [0.15, 0.2) is 0 Å². The van der Waals surface area contributed by atoms with E-state index in [-0.39, 0.29) is 18.5 Å². The van der Waals surface area contributed by atoms with Crippen molar-refractivity contribution in [2.24, 2.45) is 5.92 Å². The van der Waals surface area contributed by atoms with Crippen molar-refractivity contribution in [3.63, 3.8) is 0 Å². The first-order valence-electron chi connectivity index (χ1n) is 8.32. The second-order valence-electron chi connectivity index (χ2n) is 6.57. The first-order chi connectivity index (χ1) is 10.0. The molecule has 1 saturated carbocycles. The molecule has 2 N–H and O–H groups in total. The molecule has 2 aliphatic rings. The molecule has 4 atom stereocenters. The SMILES string of the molecule is CCC[C@H](C)NCC(=O)N1[C@H](C(=O)O)CC2CCCC[C@@H]21. The molecule has 1 aliphatic carbocycles. The van der Waals surface area contributed by atoms with Crippen molar-refractivity contribution < 1.29 is 14.7 Å². The Morgan fingerprint density at radius 2 is 2.05 bits per heavy atom. The highest BCUT2D eigenvalue weighted by Gasteiger charge is 2.47. The number of rotatable bonds is 6. The summed E-state index contributed by atoms with van der Waals surface area (Å²) in [5.41, 5.74) is 0. The first-order valence-corrected chi connectivity index (χ1v) is 8.32. The van der Waals surface area contributed by atoms with Crippen LogP contribution in [-0.4, -0.2) is 46.6 Å². The van der Waals surface area contributed by atoms with E-state index in [0.29, 0.717) is 18.4 Å². The molecule has 0 aromatic rings. The van der Waals surface area contributed by atoms with Gasteiger partial charge in [0.05, 0.1) is 6.54 Å². The highest BCUT2D eigenvalue weighted by molar-refractivity contribution is 5.86. The van der Waals surface area contributed by atoms with E-state index in [9.17, 15) is 14.7 Å². The van der Waals surface area contributed by atoms with E-state index in [1.165, 1.54) is 6.42 Å². The molecule has 1 amide bonds. The van der Waals surface area contributed by atoms with E-state index in [0.717, 1.165) is 32.1 Å². The summed E-state index contributed by atoms with van der Waals surface area (Å²) in [5, 5.41) is 12.7. The number of hydrogen-bond donors (Lipinski definition) is 2. The topological polar surface area (TPSA) is 69.6 Å². The van der Waals surface area contributed by atoms with Crippen LogP contribution in [0.15, 0.2) is 0 Å². The number of nitrogens with zero attached hydrogens (tertiary/aromatic N) is 1. The molecule has 1 saturated heterocycles. The smallest absolute Gasteiger partial charge is 0.326 e. The number of carbonyl (C=O) groups excluding carboxylic acids is 1. The average Bonchev–Trinajstić information content (AvgIpc) is 2.85. The van der Waals surface area contributed by atoms with Gasteiger partial charge in [-0.05, 0) is 38.5 Å². The standard InChI is InChI=1S/C16H28N2O3/c1-3-6-11(2)17-10-15(19)18-13-8-5-4-7-12(13)9-14(18)16(20)21/h11-14,17H,3-10H2,1-2H3,(H,20,21)/t11-,12?,13-,14-/m0/s1. The molecule has 0 spiro atoms. The number of carbonyl (C=O) groups is 2. The Balaban J connectivity index is 1.99. The van der Waals surface area contributed by atoms with Crippen molar-refractivity contribution in [2.45, 2.75) is 76.9 Å². The summed E-state index contributed by atoms with van der Waals surface area (Å²) in [7, 11) is 0. The predicted octanol–water partition coefficient (Wildman–Crippen LogP) is 2.01. The number of likely N-dealkylation sites (tertiary alicyclic amines) is 1. The lowest BCUT2D eigenvalue weighted by Crippen LogP contribution is -2.50. The zero-order valence-corrected chi connectivity index (χ0v) is 13.2. The van der Waals surface area contributed by atoms with E-state index in [1.807, 2.05) is 0 Å². The number of amides is 1. The highest BCUT2D eigenvalue weighted by atomic mass is 16.4. The first kappa shape index (κ1) is 16.3. The number of aliphatic carboxylic acids is 1. The number of fused-ring (bicyclic) bond motifs is 1. The number of carboxylic acid groups (broad SMARTS) is 1. The number of carboxylic acids is 1. The summed E-state index contributed by atoms with van der Waals surface area (Å²) in [4.78, 5) is 25.7. The summed E-state index contributed by atoms with van der Waals surface area (Å²) in [6.07, 6.45) is 7.05. The molecule has 5 heteroatoms. The minimum absolute atomic E-state index is 0.0419. The molecular formula is C16H28N2O3. The third-order valence-corrected chi connectivity index (χ3v) is 4.98. The molecule has 1 unspecified atom stereocenters. The third-order valence-electron chi connectivity index (χ3n) is 4.98. The Bertz CT molecular complexity index is 386. The van der Waals surface area contributed by atoms with Crippen molar-refractivity contribution in [2.75, 3.05) is 6.54 Å². The molecule has 5 nitrogen and oxygen atoms in total. The lowest BCUT2D eigenvalue weighted by Gasteiger charge is -2.33. The molecule has 0 radical (unpaired) electrons. The Morgan fingerprint density at radius 1 is 1.33 bits per heavy atom. The fourth-order valence-electron chi connectivity index (χ4n) is 3.93. The monoisotopic (exact) mass is 296 g/mol. The van der Waals surface area contributed by atoms with Crippen LogP contribution >= 0.6 is 0 Å². The van der Waals surface area contributed by atoms with Gasteiger partial charge in [-0.25, -0.2) is 4.79 Å². The van der Waals surface area contributed by atoms with Gasteiger partial charge in [-0.2, -0.15) is 0 Å². The molecule has 2 fully saturated rings. The minimum Gasteiger partial charge on any atom is -0.480 e. The minimum atomic E-state index is -0.848. The normalized spacial score (nSPS) is 30.0. The second-order valence-corrected chi connectivity index (χ2v) is 6.57. The fourth-order valence-corrected chi connectivity index (χ4v) is 3.93. The van der Waals surface area contributed by atoms with E-state index >= 15 is 0 Å². The zero-order valence-electron chi connectivity index (χ0n) is 13.2. The average molecular weight is 296 g/mol. The summed E-state index contributed by atoms with van der Waals surface area (Å²) in [6, 6.07) is -0.170. The van der Waals surface area contributed by atoms with E-state index in [2.05, 4.69) is 19.2 Å². The van der Waals surface area contributed by atoms with Gasteiger partial charge in [-0.3, -0.25) is 4.79 Å². The quantitative estimate of drug-likeness (QED) is 0.786. The van der Waals surface area contributed by atoms with Crippen molar-refractivity contribution in [1.29, 1.82) is 0 Å². The van der Waals surface area contributed by atoms with Crippen molar-refractivity contribution >= 4 is 11.9 Å². The lowest BCUT2D eigenvalue weighted by atomic mass is 9.85. The lowest BCUT2D eigenvalue weighted by molar-refractivity contribution is -0.149. The van der Waals surface area contributed by atoms with E-state index in [4.69, 9.17) is 0 Å². The molecule has 0 bridgehead atoms. The predicted molar refractivity (Wildman–Crippen MR) is 81.0 cm³/mol. The largest absolute Gasteiger partial charge is 0.480 e. The highest BCUT2D eigenvalue weighted by Crippen LogP contribution is 2.39. The second kappa shape index (κ2) is 7.25. The fraction of sp³-hybridized carbons (Fsp3) is 0.875. The van der Waals surface area contributed by atoms with Gasteiger partial charge in [0.2, 0.25) is 5.91 Å². The Hall–Kier alpha value is -1.10. The molecule has 21 heavy (non-hydrogen) atoms. The molecule has 1 heterocycles. The summed E-state index contributed by atoms with van der Waals surface area (Å²) in [5.74, 6) is -0.504. The maximum atomic E-state index is 12.5. The van der Waals surface area contributed by atoms with Crippen molar-refractivity contribution in [1.82, 2.24) is 10.2 Å². The van der Waals surface area contributed by atoms with Crippen LogP contribution in [0.5, 0.6) is 0 Å². The Kier molecular flexibility index (Phi) is 5.62. The zero-order chi connectivity index (χ0) is 15.4. The molecule has 2 rings (SSSR count). The summed E-state index contributed by atoms with van der Waals surface area (Å²) >= 11 is 0. The molecule has 1 aliphatic heterocycles. The van der Waals surface area contributed by atoms with Gasteiger partial charge in [-0.1, -0.05) is 26.2 Å². The van der Waals surface area contributed by atoms with Crippen molar-refractivity contribution in [3.05, 3.63) is 0 Å². The molecule has 0 aromatic heterocycles. The maximum Gasteiger partial charge on any atom is 0.326 e. The van der Waals surface area contributed by atoms with Crippen LogP contribution in [0.4, 0.5) is 0 Å². The van der Waals surface area contributed by atoms with Crippen LogP contribution in [0, 0.1) is 5.92 Å². The van der Waals surface area contributed by atoms with Crippen LogP contribution in [-0.2, 0) is 9.59 Å². The number of hydrogen-bond acceptors (Lipinski definition) is 3. The van der Waals surface area contributed by atoms with E-state index < -0.39 is 12.0 Å². The van der Waals surface area contributed by atoms with Crippen LogP contribution in [0.1, 0.15) is 58.8 Å². The van der Waals surface area contributed by atoms with Crippen LogP contribution in [0.2, 0.25) is 0 Å². The molecule has 120 valence electrons. The van der Waals surface area contributed by atoms with Gasteiger partial charge in [0.1, 0.15) is 6.04 Å². The number of nitrogens with one attached hydrogen (secondary N) is 1. The van der Waals surface area contributed by atoms with Gasteiger partial charge in [-0.15, -0.1) is 0 Å². The Labute approximate surface area is 127 Å². The van der Waals surface area contributed by atoms with Gasteiger partial charge in [0.25, 0.3) is 0 Å². The Morgan fingerprint density at radius 3 is 2.71 bits per heavy atom. The third kappa shape index (κ3) is 3.76. The maximum absolute atomic E-state index is 12.5. The summed E-state index contributed by atoms with van der Waals surface area (Å²) < 4.78 is 0. The molecular weight excluding hydrogens is 268 g/mol. The molecule has 0 aromatic carbocycles. The van der Waals surface area contributed by atoms with Crippen LogP contribution in [0.3, 0.4) is 0 Å². The van der Waals surface area contributed by atoms with Gasteiger partial charge < -0.3 is 15.3 Å². The van der Waals surface area contributed by atoms with Crippen LogP contribution < -0.4 is 5.32 Å². The van der Waals surface area contributed by atoms with Gasteiger partial charge >= 0.3 is 5.97 Å². The van der Waals surface area contributed by atoms with E-state index in [1.54, 1.807) is 4.90 Å².